The van der Waals surface area contributed by atoms with E-state index in [0.29, 0.717) is 42.1 Å². The fourth-order valence-corrected chi connectivity index (χ4v) is 11.2. The van der Waals surface area contributed by atoms with Gasteiger partial charge in [-0.1, -0.05) is 49.4 Å². The molecule has 5 atom stereocenters. The van der Waals surface area contributed by atoms with Crippen molar-refractivity contribution in [2.45, 2.75) is 82.0 Å². The molecule has 4 aliphatic heterocycles. The molecule has 0 aliphatic carbocycles. The van der Waals surface area contributed by atoms with Crippen LogP contribution in [0.3, 0.4) is 0 Å². The summed E-state index contributed by atoms with van der Waals surface area (Å²) >= 11 is 0. The number of anilines is 2. The second-order valence-corrected chi connectivity index (χ2v) is 18.4. The van der Waals surface area contributed by atoms with Crippen LogP contribution < -0.4 is 14.6 Å². The summed E-state index contributed by atoms with van der Waals surface area (Å²) in [6.45, 7) is 5.73. The normalized spacial score (nSPS) is 26.2. The topological polar surface area (TPSA) is 112 Å². The second kappa shape index (κ2) is 13.6. The van der Waals surface area contributed by atoms with Crippen LogP contribution >= 0.6 is 0 Å². The summed E-state index contributed by atoms with van der Waals surface area (Å²) in [7, 11) is -1.94. The number of hydrogen-bond acceptors (Lipinski definition) is 7. The third kappa shape index (κ3) is 6.16. The molecule has 7 rings (SSSR count). The molecular weight excluding hydrogens is 668 g/mol. The van der Waals surface area contributed by atoms with Crippen LogP contribution in [-0.2, 0) is 31.3 Å². The van der Waals surface area contributed by atoms with Crippen LogP contribution in [0.5, 0.6) is 5.75 Å². The number of fused-ring (bicyclic) bond motifs is 2. The maximum Gasteiger partial charge on any atom is 0.264 e. The van der Waals surface area contributed by atoms with Crippen molar-refractivity contribution < 1.29 is 33.1 Å². The lowest BCUT2D eigenvalue weighted by Gasteiger charge is -2.31. The highest BCUT2D eigenvalue weighted by Crippen LogP contribution is 2.60. The first-order valence-electron chi connectivity index (χ1n) is 17.8. The Kier molecular flexibility index (Phi) is 9.36. The lowest BCUT2D eigenvalue weighted by molar-refractivity contribution is -0.150. The van der Waals surface area contributed by atoms with Crippen LogP contribution in [0.4, 0.5) is 15.5 Å². The number of rotatable bonds is 9. The van der Waals surface area contributed by atoms with Crippen LogP contribution in [-0.4, -0.2) is 74.3 Å². The van der Waals surface area contributed by atoms with Gasteiger partial charge in [-0.15, -0.1) is 0 Å². The second-order valence-electron chi connectivity index (χ2n) is 14.6. The van der Waals surface area contributed by atoms with Crippen molar-refractivity contribution in [1.82, 2.24) is 4.90 Å². The average molecular weight is 713 g/mol. The average Bonchev–Trinajstić information content (AvgIpc) is 3.79. The highest BCUT2D eigenvalue weighted by atomic mass is 28.4. The number of carbonyl (C=O) groups excluding carboxylic acids is 3. The molecule has 12 heteroatoms. The summed E-state index contributed by atoms with van der Waals surface area (Å²) in [4.78, 5) is 44.7. The first-order valence-corrected chi connectivity index (χ1v) is 20.7. The highest BCUT2D eigenvalue weighted by molar-refractivity contribution is 6.72. The molecule has 3 aromatic carbocycles. The van der Waals surface area contributed by atoms with Crippen LogP contribution in [0.1, 0.15) is 55.7 Å². The quantitative estimate of drug-likeness (QED) is 0.218. The van der Waals surface area contributed by atoms with Crippen LogP contribution in [0.25, 0.3) is 0 Å². The fraction of sp³-hybridized carbons (Fsp3) is 0.436. The Bertz CT molecular complexity index is 1850. The van der Waals surface area contributed by atoms with E-state index in [0.717, 1.165) is 29.7 Å². The molecule has 2 saturated heterocycles. The zero-order valence-electron chi connectivity index (χ0n) is 29.5. The van der Waals surface area contributed by atoms with Gasteiger partial charge in [0, 0.05) is 36.4 Å². The molecule has 0 bridgehead atoms. The Balaban J connectivity index is 1.19. The number of amides is 3. The van der Waals surface area contributed by atoms with Gasteiger partial charge < -0.3 is 28.5 Å². The fourth-order valence-electron chi connectivity index (χ4n) is 8.67. The number of hydrogen-bond donors (Lipinski definition) is 1. The molecule has 0 unspecified atom stereocenters. The van der Waals surface area contributed by atoms with E-state index in [1.165, 1.54) is 5.01 Å². The van der Waals surface area contributed by atoms with E-state index in [9.17, 15) is 19.5 Å². The number of nitrogens with zero attached hydrogens (tertiary/aromatic N) is 4. The maximum absolute atomic E-state index is 16.3. The van der Waals surface area contributed by atoms with Crippen LogP contribution in [0.15, 0.2) is 77.9 Å². The Hall–Kier alpha value is -4.39. The number of aliphatic hydroxyl groups is 1. The summed E-state index contributed by atoms with van der Waals surface area (Å²) in [5, 5.41) is 16.0. The monoisotopic (exact) mass is 712 g/mol. The molecule has 10 nitrogen and oxygen atoms in total. The minimum Gasteiger partial charge on any atom is -0.497 e. The van der Waals surface area contributed by atoms with Gasteiger partial charge in [-0.3, -0.25) is 14.4 Å². The molecule has 51 heavy (non-hydrogen) atoms. The van der Waals surface area contributed by atoms with Crippen molar-refractivity contribution in [2.75, 3.05) is 30.2 Å². The predicted molar refractivity (Wildman–Crippen MR) is 195 cm³/mol. The molecule has 0 aromatic heterocycles. The van der Waals surface area contributed by atoms with Gasteiger partial charge in [0.25, 0.3) is 5.91 Å². The number of halogens is 1. The van der Waals surface area contributed by atoms with E-state index in [1.807, 2.05) is 67.6 Å². The summed E-state index contributed by atoms with van der Waals surface area (Å²) in [6.07, 6.45) is 1.56. The first-order chi connectivity index (χ1) is 24.5. The Morgan fingerprint density at radius 3 is 2.51 bits per heavy atom. The highest BCUT2D eigenvalue weighted by Gasteiger charge is 2.67. The number of aliphatic hydroxyl groups excluding tert-OH is 1. The van der Waals surface area contributed by atoms with Gasteiger partial charge in [0.1, 0.15) is 5.75 Å². The Morgan fingerprint density at radius 1 is 1.08 bits per heavy atom. The molecule has 1 N–H and O–H groups in total. The van der Waals surface area contributed by atoms with E-state index >= 15 is 4.11 Å². The lowest BCUT2D eigenvalue weighted by Crippen LogP contribution is -2.45. The molecule has 0 saturated carbocycles. The summed E-state index contributed by atoms with van der Waals surface area (Å²) < 4.78 is 28.7. The third-order valence-corrected chi connectivity index (χ3v) is 13.6. The minimum absolute atomic E-state index is 0.0641. The van der Waals surface area contributed by atoms with Gasteiger partial charge >= 0.3 is 0 Å². The van der Waals surface area contributed by atoms with E-state index < -0.39 is 31.6 Å². The van der Waals surface area contributed by atoms with Gasteiger partial charge in [-0.05, 0) is 67.4 Å². The van der Waals surface area contributed by atoms with E-state index in [4.69, 9.17) is 9.47 Å². The van der Waals surface area contributed by atoms with Gasteiger partial charge in [0.15, 0.2) is 5.60 Å². The van der Waals surface area contributed by atoms with Crippen LogP contribution in [0, 0.1) is 5.92 Å². The molecule has 4 heterocycles. The molecule has 268 valence electrons. The van der Waals surface area contributed by atoms with Crippen molar-refractivity contribution in [3.05, 3.63) is 89.5 Å². The standard InChI is InChI=1S/C39H45FN4O6Si/c1-25-37(51(3,4)40)34(22-36(47)42-20-8-11-29(42)24-45)50-39(25)31-21-30(49-2)16-18-33(31)43(38(39)48)23-26-12-14-28(15-13-26)44-35(46)19-17-32(41-44)27-9-6-5-7-10-27/h5-7,9-10,12-16,18,21,25,29,34,37,45H,8,11,17,19-20,22-24H2,1-4H3/t25-,29+,34+,37-,39+/m1/s1. The van der Waals surface area contributed by atoms with E-state index in [2.05, 4.69) is 5.10 Å². The molecule has 3 amide bonds. The Labute approximate surface area is 299 Å². The van der Waals surface area contributed by atoms with Gasteiger partial charge in [-0.25, -0.2) is 5.01 Å². The number of benzene rings is 3. The largest absolute Gasteiger partial charge is 0.497 e. The summed E-state index contributed by atoms with van der Waals surface area (Å²) in [5.74, 6) is -0.613. The van der Waals surface area contributed by atoms with Crippen LogP contribution in [0.2, 0.25) is 18.6 Å². The van der Waals surface area contributed by atoms with Crippen molar-refractivity contribution >= 4 is 43.2 Å². The number of methoxy groups -OCH3 is 1. The molecule has 0 radical (unpaired) electrons. The predicted octanol–water partition coefficient (Wildman–Crippen LogP) is 5.92. The van der Waals surface area contributed by atoms with Gasteiger partial charge in [0.05, 0.1) is 55.9 Å². The molecule has 3 aromatic rings. The zero-order chi connectivity index (χ0) is 36.1. The summed E-state index contributed by atoms with van der Waals surface area (Å²) in [6, 6.07) is 22.4. The number of ether oxygens (including phenoxy) is 2. The number of carbonyl (C=O) groups is 3. The van der Waals surface area contributed by atoms with E-state index in [-0.39, 0.29) is 43.3 Å². The molecule has 4 aliphatic rings. The van der Waals surface area contributed by atoms with Crippen molar-refractivity contribution in [2.24, 2.45) is 11.0 Å². The summed E-state index contributed by atoms with van der Waals surface area (Å²) in [5.41, 5.74) is 2.37. The molecule has 1 spiro atoms. The molecule has 2 fully saturated rings. The SMILES string of the molecule is COc1ccc2c(c1)[C@]1(O[C@@H](CC(=O)N3CCC[C@H]3CO)[C@H]([Si](C)(C)F)[C@H]1C)C(=O)N2Cc1ccc(N2N=C(c3ccccc3)CCC2=O)cc1. The number of hydrazone groups is 1. The van der Waals surface area contributed by atoms with Crippen molar-refractivity contribution in [3.8, 4) is 5.75 Å². The minimum atomic E-state index is -3.49. The third-order valence-electron chi connectivity index (χ3n) is 11.1. The van der Waals surface area contributed by atoms with E-state index in [1.54, 1.807) is 42.1 Å². The maximum atomic E-state index is 16.3. The number of likely N-dealkylation sites (tertiary alicyclic amines) is 1. The smallest absolute Gasteiger partial charge is 0.264 e. The lowest BCUT2D eigenvalue weighted by atomic mass is 9.82. The Morgan fingerprint density at radius 2 is 1.82 bits per heavy atom. The van der Waals surface area contributed by atoms with Gasteiger partial charge in [0.2, 0.25) is 20.2 Å². The van der Waals surface area contributed by atoms with Crippen molar-refractivity contribution in [3.63, 3.8) is 0 Å². The molecular formula is C39H45FN4O6Si. The first kappa shape index (κ1) is 35.0. The van der Waals surface area contributed by atoms with Gasteiger partial charge in [-0.2, -0.15) is 5.10 Å². The zero-order valence-corrected chi connectivity index (χ0v) is 30.5. The van der Waals surface area contributed by atoms with Crippen molar-refractivity contribution in [1.29, 1.82) is 0 Å².